The summed E-state index contributed by atoms with van der Waals surface area (Å²) in [5, 5.41) is 8.97. The molecule has 1 atom stereocenters. The Morgan fingerprint density at radius 3 is 2.07 bits per heavy atom. The van der Waals surface area contributed by atoms with Gasteiger partial charge in [-0.15, -0.1) is 0 Å². The Morgan fingerprint density at radius 2 is 1.48 bits per heavy atom. The van der Waals surface area contributed by atoms with Crippen LogP contribution in [0.15, 0.2) is 91.0 Å². The number of hydrogen-bond acceptors (Lipinski definition) is 3. The van der Waals surface area contributed by atoms with Crippen LogP contribution in [0.1, 0.15) is 40.0 Å². The van der Waals surface area contributed by atoms with Gasteiger partial charge in [-0.1, -0.05) is 60.7 Å². The van der Waals surface area contributed by atoms with Crippen molar-refractivity contribution in [3.8, 4) is 6.07 Å². The molecule has 29 heavy (non-hydrogen) atoms. The maximum Gasteiger partial charge on any atom is 0.261 e. The number of nitriles is 1. The highest BCUT2D eigenvalue weighted by Gasteiger charge is 2.27. The van der Waals surface area contributed by atoms with Crippen molar-refractivity contribution in [1.29, 1.82) is 5.26 Å². The van der Waals surface area contributed by atoms with Gasteiger partial charge >= 0.3 is 0 Å². The fourth-order valence-electron chi connectivity index (χ4n) is 2.99. The molecule has 0 saturated heterocycles. The Labute approximate surface area is 170 Å². The van der Waals surface area contributed by atoms with Gasteiger partial charge in [-0.05, 0) is 48.4 Å². The molecule has 0 fully saturated rings. The molecule has 4 nitrogen and oxygen atoms in total. The molecule has 3 rings (SSSR count). The van der Waals surface area contributed by atoms with E-state index >= 15 is 0 Å². The third-order valence-electron chi connectivity index (χ3n) is 4.60. The fourth-order valence-corrected chi connectivity index (χ4v) is 2.99. The average molecular weight is 380 g/mol. The number of amides is 2. The van der Waals surface area contributed by atoms with Crippen LogP contribution in [0.4, 0.5) is 0 Å². The molecule has 4 heteroatoms. The lowest BCUT2D eigenvalue weighted by Crippen LogP contribution is -2.38. The second-order valence-electron chi connectivity index (χ2n) is 6.53. The number of carbonyl (C=O) groups excluding carboxylic acids is 2. The van der Waals surface area contributed by atoms with Crippen LogP contribution in [-0.4, -0.2) is 16.7 Å². The second kappa shape index (κ2) is 9.29. The van der Waals surface area contributed by atoms with Gasteiger partial charge in [0, 0.05) is 11.6 Å². The van der Waals surface area contributed by atoms with Crippen molar-refractivity contribution in [2.45, 2.75) is 13.0 Å². The van der Waals surface area contributed by atoms with Crippen LogP contribution in [0.5, 0.6) is 0 Å². The van der Waals surface area contributed by atoms with Crippen molar-refractivity contribution in [2.75, 3.05) is 0 Å². The van der Waals surface area contributed by atoms with E-state index < -0.39 is 17.9 Å². The zero-order chi connectivity index (χ0) is 20.6. The van der Waals surface area contributed by atoms with Crippen LogP contribution in [0.25, 0.3) is 6.08 Å². The number of carbonyl (C=O) groups is 2. The van der Waals surface area contributed by atoms with Crippen LogP contribution in [0, 0.1) is 11.3 Å². The van der Waals surface area contributed by atoms with Gasteiger partial charge in [0.1, 0.15) is 0 Å². The minimum absolute atomic E-state index is 0.355. The van der Waals surface area contributed by atoms with Gasteiger partial charge in [-0.3, -0.25) is 14.5 Å². The first-order chi connectivity index (χ1) is 14.1. The largest absolute Gasteiger partial charge is 0.269 e. The van der Waals surface area contributed by atoms with Crippen molar-refractivity contribution >= 4 is 17.9 Å². The molecular formula is C25H20N2O2. The highest BCUT2D eigenvalue weighted by atomic mass is 16.2. The van der Waals surface area contributed by atoms with Crippen molar-refractivity contribution in [3.63, 3.8) is 0 Å². The third-order valence-corrected chi connectivity index (χ3v) is 4.60. The summed E-state index contributed by atoms with van der Waals surface area (Å²) < 4.78 is 0. The predicted octanol–water partition coefficient (Wildman–Crippen LogP) is 5.00. The molecule has 0 aliphatic carbocycles. The summed E-state index contributed by atoms with van der Waals surface area (Å²) in [4.78, 5) is 27.5. The normalized spacial score (nSPS) is 11.6. The van der Waals surface area contributed by atoms with Crippen molar-refractivity contribution < 1.29 is 9.59 Å². The standard InChI is InChI=1S/C25H20N2O2/c1-19(22-10-6-3-7-11-22)27(24(28)17-14-20-8-4-2-5-9-20)25(29)23-15-12-21(18-26)13-16-23/h2-17,19H,1H3/b17-14+. The van der Waals surface area contributed by atoms with Crippen LogP contribution < -0.4 is 0 Å². The fraction of sp³-hybridized carbons (Fsp3) is 0.0800. The number of rotatable bonds is 5. The molecule has 3 aromatic carbocycles. The molecule has 3 aromatic rings. The summed E-state index contributed by atoms with van der Waals surface area (Å²) in [6.45, 7) is 1.82. The van der Waals surface area contributed by atoms with Gasteiger partial charge in [0.15, 0.2) is 0 Å². The Kier molecular flexibility index (Phi) is 6.34. The van der Waals surface area contributed by atoms with E-state index in [1.165, 1.54) is 11.0 Å². The van der Waals surface area contributed by atoms with Gasteiger partial charge in [0.2, 0.25) is 0 Å². The Hall–Kier alpha value is -3.97. The van der Waals surface area contributed by atoms with E-state index in [9.17, 15) is 9.59 Å². The monoisotopic (exact) mass is 380 g/mol. The van der Waals surface area contributed by atoms with Gasteiger partial charge in [0.25, 0.3) is 11.8 Å². The van der Waals surface area contributed by atoms with E-state index in [1.54, 1.807) is 30.3 Å². The van der Waals surface area contributed by atoms with Crippen molar-refractivity contribution in [1.82, 2.24) is 4.90 Å². The number of benzene rings is 3. The molecule has 0 saturated carbocycles. The van der Waals surface area contributed by atoms with E-state index in [4.69, 9.17) is 5.26 Å². The molecule has 1 unspecified atom stereocenters. The highest BCUT2D eigenvalue weighted by Crippen LogP contribution is 2.23. The molecule has 0 bridgehead atoms. The number of nitrogens with zero attached hydrogens (tertiary/aromatic N) is 2. The van der Waals surface area contributed by atoms with Crippen molar-refractivity contribution in [3.05, 3.63) is 113 Å². The van der Waals surface area contributed by atoms with Gasteiger partial charge < -0.3 is 0 Å². The molecule has 0 aromatic heterocycles. The lowest BCUT2D eigenvalue weighted by molar-refractivity contribution is -0.125. The molecule has 2 amide bonds. The van der Waals surface area contributed by atoms with E-state index in [1.807, 2.05) is 73.7 Å². The van der Waals surface area contributed by atoms with E-state index in [2.05, 4.69) is 0 Å². The van der Waals surface area contributed by atoms with Gasteiger partial charge in [-0.25, -0.2) is 0 Å². The lowest BCUT2D eigenvalue weighted by atomic mass is 10.0. The summed E-state index contributed by atoms with van der Waals surface area (Å²) in [5.74, 6) is -0.812. The Morgan fingerprint density at radius 1 is 0.897 bits per heavy atom. The molecule has 0 heterocycles. The highest BCUT2D eigenvalue weighted by molar-refractivity contribution is 6.09. The molecular weight excluding hydrogens is 360 g/mol. The summed E-state index contributed by atoms with van der Waals surface area (Å²) >= 11 is 0. The summed E-state index contributed by atoms with van der Waals surface area (Å²) in [5.41, 5.74) is 2.54. The molecule has 0 aliphatic heterocycles. The van der Waals surface area contributed by atoms with E-state index in [-0.39, 0.29) is 0 Å². The third kappa shape index (κ3) is 4.85. The molecule has 0 aliphatic rings. The molecule has 0 N–H and O–H groups in total. The smallest absolute Gasteiger partial charge is 0.261 e. The van der Waals surface area contributed by atoms with Gasteiger partial charge in [0.05, 0.1) is 17.7 Å². The maximum atomic E-state index is 13.2. The maximum absolute atomic E-state index is 13.2. The minimum Gasteiger partial charge on any atom is -0.269 e. The van der Waals surface area contributed by atoms with Crippen LogP contribution in [-0.2, 0) is 4.79 Å². The zero-order valence-corrected chi connectivity index (χ0v) is 16.0. The summed E-state index contributed by atoms with van der Waals surface area (Å²) in [7, 11) is 0. The molecule has 0 radical (unpaired) electrons. The Balaban J connectivity index is 1.94. The quantitative estimate of drug-likeness (QED) is 0.585. The predicted molar refractivity (Wildman–Crippen MR) is 113 cm³/mol. The van der Waals surface area contributed by atoms with Crippen LogP contribution in [0.2, 0.25) is 0 Å². The first kappa shape index (κ1) is 19.8. The SMILES string of the molecule is CC(c1ccccc1)N(C(=O)/C=C/c1ccccc1)C(=O)c1ccc(C#N)cc1. The zero-order valence-electron chi connectivity index (χ0n) is 16.0. The summed E-state index contributed by atoms with van der Waals surface area (Å²) in [6, 6.07) is 26.7. The van der Waals surface area contributed by atoms with Crippen LogP contribution >= 0.6 is 0 Å². The lowest BCUT2D eigenvalue weighted by Gasteiger charge is -2.27. The molecule has 0 spiro atoms. The topological polar surface area (TPSA) is 61.2 Å². The molecule has 142 valence electrons. The average Bonchev–Trinajstić information content (AvgIpc) is 2.79. The second-order valence-corrected chi connectivity index (χ2v) is 6.53. The van der Waals surface area contributed by atoms with E-state index in [0.29, 0.717) is 11.1 Å². The Bertz CT molecular complexity index is 1050. The first-order valence-electron chi connectivity index (χ1n) is 9.26. The number of imide groups is 1. The van der Waals surface area contributed by atoms with Gasteiger partial charge in [-0.2, -0.15) is 5.26 Å². The minimum atomic E-state index is -0.452. The first-order valence-corrected chi connectivity index (χ1v) is 9.26. The van der Waals surface area contributed by atoms with E-state index in [0.717, 1.165) is 11.1 Å². The number of hydrogen-bond donors (Lipinski definition) is 0. The summed E-state index contributed by atoms with van der Waals surface area (Å²) in [6.07, 6.45) is 3.11. The van der Waals surface area contributed by atoms with Crippen molar-refractivity contribution in [2.24, 2.45) is 0 Å². The van der Waals surface area contributed by atoms with Crippen LogP contribution in [0.3, 0.4) is 0 Å².